The molecule has 3 aromatic rings. The van der Waals surface area contributed by atoms with Crippen LogP contribution in [-0.4, -0.2) is 31.0 Å². The molecule has 0 saturated carbocycles. The topological polar surface area (TPSA) is 68.4 Å². The van der Waals surface area contributed by atoms with Gasteiger partial charge in [0.25, 0.3) is 0 Å². The van der Waals surface area contributed by atoms with E-state index in [1.54, 1.807) is 42.5 Å². The number of methoxy groups -OCH3 is 2. The lowest BCUT2D eigenvalue weighted by Gasteiger charge is -2.07. The van der Waals surface area contributed by atoms with Crippen molar-refractivity contribution in [1.82, 2.24) is 4.98 Å². The van der Waals surface area contributed by atoms with Crippen LogP contribution in [0.5, 0.6) is 5.75 Å². The van der Waals surface area contributed by atoms with Crippen LogP contribution in [0, 0.1) is 0 Å². The average molecular weight is 344 g/mol. The summed E-state index contributed by atoms with van der Waals surface area (Å²) in [6.45, 7) is 0. The Kier molecular flexibility index (Phi) is 4.27. The van der Waals surface area contributed by atoms with Gasteiger partial charge in [0.15, 0.2) is 5.78 Å². The normalized spacial score (nSPS) is 10.6. The number of hydrogen-bond donors (Lipinski definition) is 1. The maximum atomic E-state index is 12.8. The molecule has 2 aromatic carbocycles. The van der Waals surface area contributed by atoms with E-state index in [0.29, 0.717) is 32.8 Å². The third-order valence-corrected chi connectivity index (χ3v) is 3.98. The van der Waals surface area contributed by atoms with E-state index in [-0.39, 0.29) is 11.5 Å². The van der Waals surface area contributed by atoms with Gasteiger partial charge < -0.3 is 14.5 Å². The Balaban J connectivity index is 2.17. The number of esters is 1. The summed E-state index contributed by atoms with van der Waals surface area (Å²) >= 11 is 5.87. The van der Waals surface area contributed by atoms with E-state index < -0.39 is 5.97 Å². The molecule has 0 atom stereocenters. The molecular formula is C18H14ClNO4. The number of hydrogen-bond acceptors (Lipinski definition) is 4. The van der Waals surface area contributed by atoms with Crippen molar-refractivity contribution in [2.45, 2.75) is 0 Å². The Morgan fingerprint density at radius 1 is 1.04 bits per heavy atom. The van der Waals surface area contributed by atoms with Crippen LogP contribution in [0.4, 0.5) is 0 Å². The molecule has 5 nitrogen and oxygen atoms in total. The second-order valence-corrected chi connectivity index (χ2v) is 5.55. The number of aromatic amines is 1. The van der Waals surface area contributed by atoms with Crippen LogP contribution in [0.15, 0.2) is 42.5 Å². The molecule has 122 valence electrons. The summed E-state index contributed by atoms with van der Waals surface area (Å²) in [4.78, 5) is 27.5. The lowest BCUT2D eigenvalue weighted by Crippen LogP contribution is -2.03. The Morgan fingerprint density at radius 3 is 2.38 bits per heavy atom. The first-order chi connectivity index (χ1) is 11.5. The zero-order chi connectivity index (χ0) is 17.3. The smallest absolute Gasteiger partial charge is 0.354 e. The van der Waals surface area contributed by atoms with E-state index in [4.69, 9.17) is 21.1 Å². The van der Waals surface area contributed by atoms with E-state index in [9.17, 15) is 9.59 Å². The zero-order valence-electron chi connectivity index (χ0n) is 13.1. The first kappa shape index (κ1) is 16.1. The van der Waals surface area contributed by atoms with Crippen molar-refractivity contribution in [3.05, 3.63) is 64.3 Å². The maximum absolute atomic E-state index is 12.8. The quantitative estimate of drug-likeness (QED) is 0.577. The lowest BCUT2D eigenvalue weighted by atomic mass is 10.0. The molecule has 1 N–H and O–H groups in total. The van der Waals surface area contributed by atoms with Crippen molar-refractivity contribution in [3.8, 4) is 5.75 Å². The van der Waals surface area contributed by atoms with Crippen molar-refractivity contribution >= 4 is 34.3 Å². The number of H-pyrrole nitrogens is 1. The van der Waals surface area contributed by atoms with Crippen LogP contribution in [-0.2, 0) is 4.74 Å². The molecule has 0 unspecified atom stereocenters. The molecule has 0 aliphatic heterocycles. The zero-order valence-corrected chi connectivity index (χ0v) is 13.8. The summed E-state index contributed by atoms with van der Waals surface area (Å²) in [5.41, 5.74) is 1.71. The van der Waals surface area contributed by atoms with Gasteiger partial charge in [-0.2, -0.15) is 0 Å². The SMILES string of the molecule is COC(=O)c1cc2c(OC)ccc(C(=O)c3ccc(Cl)cc3)c2[nH]1. The molecule has 0 bridgehead atoms. The molecule has 0 spiro atoms. The number of carbonyl (C=O) groups excluding carboxylic acids is 2. The van der Waals surface area contributed by atoms with E-state index >= 15 is 0 Å². The monoisotopic (exact) mass is 343 g/mol. The first-order valence-electron chi connectivity index (χ1n) is 7.13. The number of aromatic nitrogens is 1. The number of fused-ring (bicyclic) bond motifs is 1. The fourth-order valence-corrected chi connectivity index (χ4v) is 2.66. The minimum absolute atomic E-state index is 0.183. The van der Waals surface area contributed by atoms with Crippen LogP contribution < -0.4 is 4.74 Å². The number of ether oxygens (including phenoxy) is 2. The van der Waals surface area contributed by atoms with Gasteiger partial charge in [0.1, 0.15) is 11.4 Å². The molecule has 1 aromatic heterocycles. The van der Waals surface area contributed by atoms with Gasteiger partial charge in [-0.1, -0.05) is 11.6 Å². The van der Waals surface area contributed by atoms with Gasteiger partial charge in [-0.05, 0) is 42.5 Å². The predicted octanol–water partition coefficient (Wildman–Crippen LogP) is 3.85. The lowest BCUT2D eigenvalue weighted by molar-refractivity contribution is 0.0595. The molecule has 0 radical (unpaired) electrons. The van der Waals surface area contributed by atoms with Gasteiger partial charge in [-0.25, -0.2) is 4.79 Å². The fourth-order valence-electron chi connectivity index (χ4n) is 2.54. The van der Waals surface area contributed by atoms with Crippen LogP contribution in [0.2, 0.25) is 5.02 Å². The largest absolute Gasteiger partial charge is 0.496 e. The fraction of sp³-hybridized carbons (Fsp3) is 0.111. The molecule has 0 aliphatic carbocycles. The van der Waals surface area contributed by atoms with Crippen LogP contribution in [0.3, 0.4) is 0 Å². The number of ketones is 1. The summed E-state index contributed by atoms with van der Waals surface area (Å²) < 4.78 is 10.0. The molecule has 0 amide bonds. The van der Waals surface area contributed by atoms with Gasteiger partial charge in [0, 0.05) is 21.5 Å². The van der Waals surface area contributed by atoms with Crippen LogP contribution in [0.25, 0.3) is 10.9 Å². The standard InChI is InChI=1S/C18H14ClNO4/c1-23-15-8-7-12(17(21)10-3-5-11(19)6-4-10)16-13(15)9-14(20-16)18(22)24-2/h3-9,20H,1-2H3. The van der Waals surface area contributed by atoms with Crippen molar-refractivity contribution in [2.24, 2.45) is 0 Å². The Labute approximate surface area is 143 Å². The average Bonchev–Trinajstić information content (AvgIpc) is 3.05. The van der Waals surface area contributed by atoms with Crippen LogP contribution >= 0.6 is 11.6 Å². The van der Waals surface area contributed by atoms with Gasteiger partial charge in [-0.3, -0.25) is 4.79 Å². The minimum Gasteiger partial charge on any atom is -0.496 e. The van der Waals surface area contributed by atoms with Crippen molar-refractivity contribution in [2.75, 3.05) is 14.2 Å². The predicted molar refractivity (Wildman–Crippen MR) is 91.1 cm³/mol. The van der Waals surface area contributed by atoms with Gasteiger partial charge in [0.2, 0.25) is 0 Å². The number of nitrogens with one attached hydrogen (secondary N) is 1. The number of rotatable bonds is 4. The van der Waals surface area contributed by atoms with Crippen molar-refractivity contribution in [3.63, 3.8) is 0 Å². The van der Waals surface area contributed by atoms with E-state index in [2.05, 4.69) is 4.98 Å². The number of carbonyl (C=O) groups is 2. The highest BCUT2D eigenvalue weighted by atomic mass is 35.5. The molecule has 0 fully saturated rings. The Morgan fingerprint density at radius 2 is 1.75 bits per heavy atom. The minimum atomic E-state index is -0.516. The highest BCUT2D eigenvalue weighted by Gasteiger charge is 2.19. The molecule has 1 heterocycles. The molecule has 24 heavy (non-hydrogen) atoms. The van der Waals surface area contributed by atoms with Gasteiger partial charge >= 0.3 is 5.97 Å². The molecule has 6 heteroatoms. The molecular weight excluding hydrogens is 330 g/mol. The van der Waals surface area contributed by atoms with Crippen LogP contribution in [0.1, 0.15) is 26.4 Å². The third-order valence-electron chi connectivity index (χ3n) is 3.73. The second-order valence-electron chi connectivity index (χ2n) is 5.11. The Hall–Kier alpha value is -2.79. The second kappa shape index (κ2) is 6.37. The maximum Gasteiger partial charge on any atom is 0.354 e. The van der Waals surface area contributed by atoms with E-state index in [1.165, 1.54) is 14.2 Å². The van der Waals surface area contributed by atoms with Crippen molar-refractivity contribution in [1.29, 1.82) is 0 Å². The Bertz CT molecular complexity index is 928. The van der Waals surface area contributed by atoms with Crippen molar-refractivity contribution < 1.29 is 19.1 Å². The summed E-state index contributed by atoms with van der Waals surface area (Å²) in [6.07, 6.45) is 0. The highest BCUT2D eigenvalue weighted by Crippen LogP contribution is 2.30. The number of benzene rings is 2. The van der Waals surface area contributed by atoms with Gasteiger partial charge in [-0.15, -0.1) is 0 Å². The summed E-state index contributed by atoms with van der Waals surface area (Å²) in [6, 6.07) is 11.6. The van der Waals surface area contributed by atoms with E-state index in [0.717, 1.165) is 0 Å². The highest BCUT2D eigenvalue weighted by molar-refractivity contribution is 6.30. The summed E-state index contributed by atoms with van der Waals surface area (Å²) in [5, 5.41) is 1.19. The molecule has 0 aliphatic rings. The first-order valence-corrected chi connectivity index (χ1v) is 7.51. The summed E-state index contributed by atoms with van der Waals surface area (Å²) in [7, 11) is 2.82. The van der Waals surface area contributed by atoms with Gasteiger partial charge in [0.05, 0.1) is 19.7 Å². The molecule has 3 rings (SSSR count). The summed E-state index contributed by atoms with van der Waals surface area (Å²) in [5.74, 6) is -0.139. The molecule has 0 saturated heterocycles. The van der Waals surface area contributed by atoms with E-state index in [1.807, 2.05) is 0 Å². The number of halogens is 1. The third kappa shape index (κ3) is 2.74.